The molecule has 1 aromatic carbocycles. The number of anilines is 1. The maximum atomic E-state index is 12.7. The molecular formula is C13H9F3N4O. The van der Waals surface area contributed by atoms with E-state index < -0.39 is 11.9 Å². The van der Waals surface area contributed by atoms with Crippen molar-refractivity contribution in [1.82, 2.24) is 9.97 Å². The van der Waals surface area contributed by atoms with Crippen molar-refractivity contribution in [3.63, 3.8) is 0 Å². The maximum Gasteiger partial charge on any atom is 0.433 e. The van der Waals surface area contributed by atoms with E-state index in [0.717, 1.165) is 0 Å². The molecular weight excluding hydrogens is 285 g/mol. The van der Waals surface area contributed by atoms with Gasteiger partial charge in [0, 0.05) is 13.1 Å². The number of nitriles is 1. The predicted molar refractivity (Wildman–Crippen MR) is 67.8 cm³/mol. The molecule has 108 valence electrons. The summed E-state index contributed by atoms with van der Waals surface area (Å²) >= 11 is 0. The number of nitrogens with zero attached hydrogens (tertiary/aromatic N) is 3. The number of halogens is 3. The van der Waals surface area contributed by atoms with Gasteiger partial charge in [-0.1, -0.05) is 0 Å². The summed E-state index contributed by atoms with van der Waals surface area (Å²) in [4.78, 5) is 7.12. The molecule has 0 fully saturated rings. The third-order valence-corrected chi connectivity index (χ3v) is 2.42. The second-order valence-corrected chi connectivity index (χ2v) is 3.90. The first-order valence-corrected chi connectivity index (χ1v) is 5.74. The molecule has 5 nitrogen and oxygen atoms in total. The first-order chi connectivity index (χ1) is 9.92. The van der Waals surface area contributed by atoms with E-state index in [-0.39, 0.29) is 17.6 Å². The van der Waals surface area contributed by atoms with Crippen LogP contribution in [0.25, 0.3) is 0 Å². The number of alkyl halides is 3. The normalized spacial score (nSPS) is 10.8. The molecule has 2 aromatic rings. The van der Waals surface area contributed by atoms with Gasteiger partial charge in [0.2, 0.25) is 11.8 Å². The van der Waals surface area contributed by atoms with Crippen LogP contribution in [0.5, 0.6) is 11.6 Å². The van der Waals surface area contributed by atoms with E-state index in [1.54, 1.807) is 0 Å². The van der Waals surface area contributed by atoms with E-state index in [1.165, 1.54) is 31.3 Å². The number of aromatic nitrogens is 2. The fourth-order valence-corrected chi connectivity index (χ4v) is 1.45. The number of rotatable bonds is 3. The summed E-state index contributed by atoms with van der Waals surface area (Å²) in [7, 11) is 1.40. The molecule has 1 N–H and O–H groups in total. The lowest BCUT2D eigenvalue weighted by molar-refractivity contribution is -0.141. The predicted octanol–water partition coefficient (Wildman–Crippen LogP) is 3.20. The highest BCUT2D eigenvalue weighted by Crippen LogP contribution is 2.31. The monoisotopic (exact) mass is 294 g/mol. The average Bonchev–Trinajstić information content (AvgIpc) is 2.46. The minimum absolute atomic E-state index is 0.200. The van der Waals surface area contributed by atoms with Crippen LogP contribution < -0.4 is 10.1 Å². The average molecular weight is 294 g/mol. The molecule has 0 atom stereocenters. The molecule has 0 amide bonds. The second kappa shape index (κ2) is 5.66. The quantitative estimate of drug-likeness (QED) is 0.941. The Kier molecular flexibility index (Phi) is 3.93. The molecule has 1 heterocycles. The standard InChI is InChI=1S/C13H9F3N4O/c1-18-12-19-10(13(14,15)16)6-11(20-12)21-9-4-2-8(7-17)3-5-9/h2-6H,1H3,(H,18,19,20). The lowest BCUT2D eigenvalue weighted by atomic mass is 10.2. The van der Waals surface area contributed by atoms with Gasteiger partial charge in [-0.3, -0.25) is 0 Å². The van der Waals surface area contributed by atoms with Crippen LogP contribution in [0.3, 0.4) is 0 Å². The highest BCUT2D eigenvalue weighted by molar-refractivity contribution is 5.38. The number of hydrogen-bond donors (Lipinski definition) is 1. The van der Waals surface area contributed by atoms with E-state index in [9.17, 15) is 13.2 Å². The van der Waals surface area contributed by atoms with Crippen molar-refractivity contribution in [3.05, 3.63) is 41.6 Å². The first kappa shape index (κ1) is 14.6. The Bertz CT molecular complexity index is 677. The van der Waals surface area contributed by atoms with Crippen LogP contribution >= 0.6 is 0 Å². The zero-order chi connectivity index (χ0) is 15.5. The largest absolute Gasteiger partial charge is 0.439 e. The SMILES string of the molecule is CNc1nc(Oc2ccc(C#N)cc2)cc(C(F)(F)F)n1. The molecule has 0 aliphatic carbocycles. The molecule has 0 unspecified atom stereocenters. The Balaban J connectivity index is 2.32. The zero-order valence-corrected chi connectivity index (χ0v) is 10.8. The lowest BCUT2D eigenvalue weighted by Gasteiger charge is -2.10. The fraction of sp³-hybridized carbons (Fsp3) is 0.154. The number of ether oxygens (including phenoxy) is 1. The van der Waals surface area contributed by atoms with E-state index in [2.05, 4.69) is 15.3 Å². The van der Waals surface area contributed by atoms with E-state index >= 15 is 0 Å². The van der Waals surface area contributed by atoms with E-state index in [4.69, 9.17) is 10.00 Å². The number of benzene rings is 1. The maximum absolute atomic E-state index is 12.7. The van der Waals surface area contributed by atoms with Crippen molar-refractivity contribution in [2.45, 2.75) is 6.18 Å². The number of nitrogens with one attached hydrogen (secondary N) is 1. The zero-order valence-electron chi connectivity index (χ0n) is 10.8. The molecule has 0 saturated carbocycles. The summed E-state index contributed by atoms with van der Waals surface area (Å²) in [6, 6.07) is 8.54. The van der Waals surface area contributed by atoms with Crippen molar-refractivity contribution in [3.8, 4) is 17.7 Å². The van der Waals surface area contributed by atoms with Crippen molar-refractivity contribution in [2.24, 2.45) is 0 Å². The van der Waals surface area contributed by atoms with Gasteiger partial charge in [0.1, 0.15) is 5.75 Å². The van der Waals surface area contributed by atoms with Gasteiger partial charge in [0.25, 0.3) is 0 Å². The molecule has 0 bridgehead atoms. The topological polar surface area (TPSA) is 70.8 Å². The van der Waals surface area contributed by atoms with Crippen molar-refractivity contribution < 1.29 is 17.9 Å². The van der Waals surface area contributed by atoms with Crippen molar-refractivity contribution >= 4 is 5.95 Å². The molecule has 21 heavy (non-hydrogen) atoms. The van der Waals surface area contributed by atoms with Crippen LogP contribution in [0.4, 0.5) is 19.1 Å². The Morgan fingerprint density at radius 2 is 1.86 bits per heavy atom. The highest BCUT2D eigenvalue weighted by Gasteiger charge is 2.34. The van der Waals surface area contributed by atoms with Crippen LogP contribution in [-0.2, 0) is 6.18 Å². The minimum Gasteiger partial charge on any atom is -0.439 e. The van der Waals surface area contributed by atoms with Crippen LogP contribution in [0.2, 0.25) is 0 Å². The van der Waals surface area contributed by atoms with Crippen LogP contribution in [0.15, 0.2) is 30.3 Å². The third-order valence-electron chi connectivity index (χ3n) is 2.42. The molecule has 0 radical (unpaired) electrons. The van der Waals surface area contributed by atoms with Crippen LogP contribution in [0.1, 0.15) is 11.3 Å². The second-order valence-electron chi connectivity index (χ2n) is 3.90. The van der Waals surface area contributed by atoms with E-state index in [0.29, 0.717) is 11.6 Å². The van der Waals surface area contributed by atoms with Crippen molar-refractivity contribution in [2.75, 3.05) is 12.4 Å². The molecule has 1 aromatic heterocycles. The van der Waals surface area contributed by atoms with Gasteiger partial charge in [-0.15, -0.1) is 0 Å². The van der Waals surface area contributed by atoms with Gasteiger partial charge < -0.3 is 10.1 Å². The molecule has 2 rings (SSSR count). The third kappa shape index (κ3) is 3.60. The first-order valence-electron chi connectivity index (χ1n) is 5.74. The summed E-state index contributed by atoms with van der Waals surface area (Å²) in [6.07, 6.45) is -4.60. The fourth-order valence-electron chi connectivity index (χ4n) is 1.45. The highest BCUT2D eigenvalue weighted by atomic mass is 19.4. The molecule has 0 spiro atoms. The van der Waals surface area contributed by atoms with Crippen molar-refractivity contribution in [1.29, 1.82) is 5.26 Å². The van der Waals surface area contributed by atoms with Gasteiger partial charge >= 0.3 is 6.18 Å². The van der Waals surface area contributed by atoms with Crippen LogP contribution in [0, 0.1) is 11.3 Å². The van der Waals surface area contributed by atoms with E-state index in [1.807, 2.05) is 6.07 Å². The van der Waals surface area contributed by atoms with Gasteiger partial charge in [0.15, 0.2) is 5.69 Å². The molecule has 0 aliphatic rings. The van der Waals surface area contributed by atoms with Gasteiger partial charge in [-0.2, -0.15) is 23.4 Å². The summed E-state index contributed by atoms with van der Waals surface area (Å²) < 4.78 is 43.4. The summed E-state index contributed by atoms with van der Waals surface area (Å²) in [6.45, 7) is 0. The minimum atomic E-state index is -4.60. The summed E-state index contributed by atoms with van der Waals surface area (Å²) in [5, 5.41) is 11.1. The molecule has 0 saturated heterocycles. The smallest absolute Gasteiger partial charge is 0.433 e. The Morgan fingerprint density at radius 3 is 2.38 bits per heavy atom. The Morgan fingerprint density at radius 1 is 1.19 bits per heavy atom. The molecule has 0 aliphatic heterocycles. The molecule has 8 heteroatoms. The number of hydrogen-bond acceptors (Lipinski definition) is 5. The van der Waals surface area contributed by atoms with Gasteiger partial charge in [0.05, 0.1) is 11.6 Å². The summed E-state index contributed by atoms with van der Waals surface area (Å²) in [5.41, 5.74) is -0.692. The van der Waals surface area contributed by atoms with Gasteiger partial charge in [-0.25, -0.2) is 4.98 Å². The van der Waals surface area contributed by atoms with Gasteiger partial charge in [-0.05, 0) is 24.3 Å². The Labute approximate surface area is 118 Å². The lowest BCUT2D eigenvalue weighted by Crippen LogP contribution is -2.11. The summed E-state index contributed by atoms with van der Waals surface area (Å²) in [5.74, 6) is -0.178. The Hall–Kier alpha value is -2.82. The van der Waals surface area contributed by atoms with Crippen LogP contribution in [-0.4, -0.2) is 17.0 Å².